The first-order chi connectivity index (χ1) is 13.9. The summed E-state index contributed by atoms with van der Waals surface area (Å²) in [6.45, 7) is 6.88. The molecule has 2 heterocycles. The Morgan fingerprint density at radius 1 is 1.28 bits per heavy atom. The molecule has 0 radical (unpaired) electrons. The summed E-state index contributed by atoms with van der Waals surface area (Å²) in [6.07, 6.45) is 5.66. The number of aryl methyl sites for hydroxylation is 1. The Kier molecular flexibility index (Phi) is 6.75. The van der Waals surface area contributed by atoms with Crippen LogP contribution in [0.3, 0.4) is 0 Å². The quantitative estimate of drug-likeness (QED) is 0.761. The van der Waals surface area contributed by atoms with Gasteiger partial charge in [-0.25, -0.2) is 4.79 Å². The van der Waals surface area contributed by atoms with E-state index in [0.717, 1.165) is 30.4 Å². The predicted molar refractivity (Wildman–Crippen MR) is 112 cm³/mol. The van der Waals surface area contributed by atoms with Gasteiger partial charge in [0.1, 0.15) is 18.0 Å². The van der Waals surface area contributed by atoms with Crippen molar-refractivity contribution in [2.24, 2.45) is 0 Å². The maximum absolute atomic E-state index is 12.2. The monoisotopic (exact) mass is 398 g/mol. The number of ether oxygens (including phenoxy) is 2. The number of aliphatic hydroxyl groups is 1. The lowest BCUT2D eigenvalue weighted by Gasteiger charge is -2.40. The van der Waals surface area contributed by atoms with Gasteiger partial charge in [0, 0.05) is 24.9 Å². The van der Waals surface area contributed by atoms with E-state index in [0.29, 0.717) is 18.9 Å². The topological polar surface area (TPSA) is 71.9 Å². The summed E-state index contributed by atoms with van der Waals surface area (Å²) in [4.78, 5) is 18.3. The Morgan fingerprint density at radius 3 is 2.76 bits per heavy atom. The van der Waals surface area contributed by atoms with E-state index in [-0.39, 0.29) is 18.7 Å². The molecule has 2 aromatic rings. The molecule has 1 aliphatic rings. The number of carbonyl (C=O) groups is 1. The number of amides is 1. The van der Waals surface area contributed by atoms with Crippen molar-refractivity contribution in [2.45, 2.75) is 51.7 Å². The number of aromatic nitrogens is 1. The van der Waals surface area contributed by atoms with Gasteiger partial charge in [0.2, 0.25) is 0 Å². The largest absolute Gasteiger partial charge is 0.490 e. The van der Waals surface area contributed by atoms with Crippen molar-refractivity contribution < 1.29 is 19.4 Å². The fourth-order valence-electron chi connectivity index (χ4n) is 3.30. The zero-order chi connectivity index (χ0) is 20.9. The molecule has 1 unspecified atom stereocenters. The number of likely N-dealkylation sites (tertiary alicyclic amines) is 1. The summed E-state index contributed by atoms with van der Waals surface area (Å²) in [5.74, 6) is 0.676. The highest BCUT2D eigenvalue weighted by Crippen LogP contribution is 2.28. The first-order valence-corrected chi connectivity index (χ1v) is 10.1. The third-order valence-electron chi connectivity index (χ3n) is 4.86. The predicted octanol–water partition coefficient (Wildman–Crippen LogP) is 4.06. The van der Waals surface area contributed by atoms with Crippen molar-refractivity contribution in [3.8, 4) is 16.9 Å². The van der Waals surface area contributed by atoms with Crippen molar-refractivity contribution in [1.29, 1.82) is 0 Å². The van der Waals surface area contributed by atoms with E-state index in [4.69, 9.17) is 14.6 Å². The molecular formula is C23H30N2O4. The summed E-state index contributed by atoms with van der Waals surface area (Å²) >= 11 is 0. The summed E-state index contributed by atoms with van der Waals surface area (Å²) < 4.78 is 11.4. The van der Waals surface area contributed by atoms with Gasteiger partial charge in [0.05, 0.1) is 12.2 Å². The molecule has 0 spiro atoms. The van der Waals surface area contributed by atoms with Gasteiger partial charge in [-0.1, -0.05) is 24.3 Å². The van der Waals surface area contributed by atoms with Crippen molar-refractivity contribution in [3.05, 3.63) is 48.3 Å². The molecule has 1 amide bonds. The zero-order valence-electron chi connectivity index (χ0n) is 17.4. The number of pyridine rings is 1. The smallest absolute Gasteiger partial charge is 0.410 e. The number of carbonyl (C=O) groups excluding carboxylic acids is 1. The van der Waals surface area contributed by atoms with Gasteiger partial charge in [-0.3, -0.25) is 4.98 Å². The van der Waals surface area contributed by atoms with E-state index in [1.807, 2.05) is 45.2 Å². The standard InChI is InChI=1S/C23H30N2O4/c1-23(2,3)29-22(27)25-11-10-19(25)16-28-20-13-18(14-24-15-20)21-9-5-4-7-17(21)8-6-12-26/h4-5,7,9,13-15,19,26H,6,8,10-12,16H2,1-3H3. The van der Waals surface area contributed by atoms with Gasteiger partial charge in [-0.2, -0.15) is 0 Å². The van der Waals surface area contributed by atoms with Gasteiger partial charge in [-0.05, 0) is 57.2 Å². The maximum Gasteiger partial charge on any atom is 0.410 e. The van der Waals surface area contributed by atoms with E-state index in [1.165, 1.54) is 5.56 Å². The Balaban J connectivity index is 1.63. The lowest BCUT2D eigenvalue weighted by atomic mass is 9.98. The van der Waals surface area contributed by atoms with Crippen molar-refractivity contribution in [3.63, 3.8) is 0 Å². The Morgan fingerprint density at radius 2 is 2.07 bits per heavy atom. The summed E-state index contributed by atoms with van der Waals surface area (Å²) in [7, 11) is 0. The van der Waals surface area contributed by atoms with Crippen LogP contribution in [0.15, 0.2) is 42.7 Å². The van der Waals surface area contributed by atoms with E-state index in [2.05, 4.69) is 17.1 Å². The first-order valence-electron chi connectivity index (χ1n) is 10.1. The van der Waals surface area contributed by atoms with Crippen LogP contribution in [0.25, 0.3) is 11.1 Å². The van der Waals surface area contributed by atoms with E-state index in [9.17, 15) is 4.79 Å². The minimum atomic E-state index is -0.500. The van der Waals surface area contributed by atoms with Crippen LogP contribution in [0.1, 0.15) is 39.2 Å². The molecule has 6 heteroatoms. The van der Waals surface area contributed by atoms with E-state index in [1.54, 1.807) is 11.1 Å². The maximum atomic E-state index is 12.2. The zero-order valence-corrected chi connectivity index (χ0v) is 17.4. The van der Waals surface area contributed by atoms with Crippen molar-refractivity contribution >= 4 is 6.09 Å². The Labute approximate surface area is 172 Å². The molecule has 0 aliphatic carbocycles. The van der Waals surface area contributed by atoms with Crippen LogP contribution in [-0.2, 0) is 11.2 Å². The third kappa shape index (κ3) is 5.70. The first kappa shape index (κ1) is 21.1. The van der Waals surface area contributed by atoms with E-state index >= 15 is 0 Å². The summed E-state index contributed by atoms with van der Waals surface area (Å²) in [6, 6.07) is 10.1. The minimum Gasteiger partial charge on any atom is -0.490 e. The molecule has 29 heavy (non-hydrogen) atoms. The van der Waals surface area contributed by atoms with Gasteiger partial charge in [0.15, 0.2) is 0 Å². The summed E-state index contributed by atoms with van der Waals surface area (Å²) in [5.41, 5.74) is 2.75. The van der Waals surface area contributed by atoms with Crippen LogP contribution in [0.2, 0.25) is 0 Å². The molecular weight excluding hydrogens is 368 g/mol. The number of rotatable bonds is 7. The average Bonchev–Trinajstić information content (AvgIpc) is 2.64. The molecule has 3 rings (SSSR count). The lowest BCUT2D eigenvalue weighted by molar-refractivity contribution is -0.0141. The van der Waals surface area contributed by atoms with Crippen molar-refractivity contribution in [2.75, 3.05) is 19.8 Å². The number of nitrogens with zero attached hydrogens (tertiary/aromatic N) is 2. The van der Waals surface area contributed by atoms with Gasteiger partial charge >= 0.3 is 6.09 Å². The van der Waals surface area contributed by atoms with Crippen LogP contribution < -0.4 is 4.74 Å². The third-order valence-corrected chi connectivity index (χ3v) is 4.86. The molecule has 1 aromatic carbocycles. The fraction of sp³-hybridized carbons (Fsp3) is 0.478. The molecule has 0 bridgehead atoms. The average molecular weight is 399 g/mol. The minimum absolute atomic E-state index is 0.0188. The molecule has 1 N–H and O–H groups in total. The molecule has 1 aliphatic heterocycles. The van der Waals surface area contributed by atoms with Crippen LogP contribution in [0.4, 0.5) is 4.79 Å². The number of hydrogen-bond donors (Lipinski definition) is 1. The second kappa shape index (κ2) is 9.27. The molecule has 1 fully saturated rings. The molecule has 6 nitrogen and oxygen atoms in total. The molecule has 0 saturated carbocycles. The molecule has 1 saturated heterocycles. The number of aliphatic hydroxyl groups excluding tert-OH is 1. The summed E-state index contributed by atoms with van der Waals surface area (Å²) in [5, 5.41) is 9.14. The van der Waals surface area contributed by atoms with Crippen molar-refractivity contribution in [1.82, 2.24) is 9.88 Å². The van der Waals surface area contributed by atoms with Gasteiger partial charge in [0.25, 0.3) is 0 Å². The van der Waals surface area contributed by atoms with Gasteiger partial charge < -0.3 is 19.5 Å². The highest BCUT2D eigenvalue weighted by Gasteiger charge is 2.35. The van der Waals surface area contributed by atoms with E-state index < -0.39 is 5.60 Å². The lowest BCUT2D eigenvalue weighted by Crippen LogP contribution is -2.55. The van der Waals surface area contributed by atoms with Crippen LogP contribution in [0, 0.1) is 0 Å². The SMILES string of the molecule is CC(C)(C)OC(=O)N1CCC1COc1cncc(-c2ccccc2CCCO)c1. The normalized spacial score (nSPS) is 16.3. The van der Waals surface area contributed by atoms with Gasteiger partial charge in [-0.15, -0.1) is 0 Å². The molecule has 1 atom stereocenters. The molecule has 156 valence electrons. The second-order valence-corrected chi connectivity index (χ2v) is 8.32. The second-order valence-electron chi connectivity index (χ2n) is 8.32. The highest BCUT2D eigenvalue weighted by molar-refractivity contribution is 5.69. The van der Waals surface area contributed by atoms with Crippen LogP contribution in [-0.4, -0.2) is 52.5 Å². The van der Waals surface area contributed by atoms with Crippen LogP contribution in [0.5, 0.6) is 5.75 Å². The fourth-order valence-corrected chi connectivity index (χ4v) is 3.30. The van der Waals surface area contributed by atoms with Crippen LogP contribution >= 0.6 is 0 Å². The number of benzene rings is 1. The molecule has 1 aromatic heterocycles. The Bertz CT molecular complexity index is 832. The Hall–Kier alpha value is -2.60. The highest BCUT2D eigenvalue weighted by atomic mass is 16.6. The number of hydrogen-bond acceptors (Lipinski definition) is 5.